The van der Waals surface area contributed by atoms with Crippen LogP contribution in [-0.4, -0.2) is 28.9 Å². The molecular formula is C19H18ClN3O2. The van der Waals surface area contributed by atoms with Gasteiger partial charge in [-0.3, -0.25) is 9.20 Å². The van der Waals surface area contributed by atoms with Gasteiger partial charge in [-0.25, -0.2) is 4.98 Å². The second-order valence-electron chi connectivity index (χ2n) is 5.44. The first-order valence-electron chi connectivity index (χ1n) is 7.89. The molecule has 2 heterocycles. The third kappa shape index (κ3) is 4.19. The third-order valence-corrected chi connectivity index (χ3v) is 4.06. The molecule has 0 aliphatic rings. The molecule has 0 fully saturated rings. The van der Waals surface area contributed by atoms with Crippen molar-refractivity contribution in [1.29, 1.82) is 0 Å². The van der Waals surface area contributed by atoms with Crippen LogP contribution in [-0.2, 0) is 11.2 Å². The van der Waals surface area contributed by atoms with Crippen molar-refractivity contribution in [1.82, 2.24) is 14.7 Å². The number of amides is 1. The first-order chi connectivity index (χ1) is 12.2. The highest BCUT2D eigenvalue weighted by atomic mass is 35.5. The van der Waals surface area contributed by atoms with E-state index in [0.29, 0.717) is 17.4 Å². The molecule has 3 rings (SSSR count). The number of nitrogens with zero attached hydrogens (tertiary/aromatic N) is 2. The van der Waals surface area contributed by atoms with E-state index in [1.54, 1.807) is 13.2 Å². The van der Waals surface area contributed by atoms with Gasteiger partial charge in [0.05, 0.1) is 12.8 Å². The molecule has 0 spiro atoms. The van der Waals surface area contributed by atoms with Crippen molar-refractivity contribution in [2.24, 2.45) is 0 Å². The highest BCUT2D eigenvalue weighted by Crippen LogP contribution is 2.18. The fraction of sp³-hybridized carbons (Fsp3) is 0.158. The van der Waals surface area contributed by atoms with Gasteiger partial charge in [-0.1, -0.05) is 29.8 Å². The van der Waals surface area contributed by atoms with Crippen LogP contribution in [0.1, 0.15) is 11.3 Å². The van der Waals surface area contributed by atoms with E-state index in [4.69, 9.17) is 16.3 Å². The maximum Gasteiger partial charge on any atom is 0.244 e. The van der Waals surface area contributed by atoms with E-state index in [1.165, 1.54) is 6.08 Å². The van der Waals surface area contributed by atoms with Crippen molar-refractivity contribution < 1.29 is 9.53 Å². The third-order valence-electron chi connectivity index (χ3n) is 3.79. The number of imidazole rings is 1. The number of nitrogens with one attached hydrogen (secondary N) is 1. The molecule has 0 unspecified atom stereocenters. The van der Waals surface area contributed by atoms with Crippen molar-refractivity contribution in [3.8, 4) is 5.75 Å². The SMILES string of the molecule is COc1ccc(CCNC(=O)/C=C/c2c(Cl)nc3ccccn23)cc1. The van der Waals surface area contributed by atoms with Crippen LogP contribution in [0.2, 0.25) is 5.15 Å². The van der Waals surface area contributed by atoms with E-state index in [-0.39, 0.29) is 5.91 Å². The molecule has 1 amide bonds. The van der Waals surface area contributed by atoms with Crippen LogP contribution in [0.5, 0.6) is 5.75 Å². The predicted molar refractivity (Wildman–Crippen MR) is 98.9 cm³/mol. The van der Waals surface area contributed by atoms with Gasteiger partial charge >= 0.3 is 0 Å². The van der Waals surface area contributed by atoms with Gasteiger partial charge in [0.15, 0.2) is 5.15 Å². The van der Waals surface area contributed by atoms with E-state index in [0.717, 1.165) is 23.4 Å². The van der Waals surface area contributed by atoms with Gasteiger partial charge in [0, 0.05) is 18.8 Å². The number of rotatable bonds is 6. The van der Waals surface area contributed by atoms with E-state index in [2.05, 4.69) is 10.3 Å². The Labute approximate surface area is 150 Å². The summed E-state index contributed by atoms with van der Waals surface area (Å²) in [7, 11) is 1.64. The summed E-state index contributed by atoms with van der Waals surface area (Å²) >= 11 is 6.14. The molecule has 128 valence electrons. The van der Waals surface area contributed by atoms with Crippen molar-refractivity contribution in [2.75, 3.05) is 13.7 Å². The van der Waals surface area contributed by atoms with Gasteiger partial charge in [0.2, 0.25) is 5.91 Å². The van der Waals surface area contributed by atoms with Gasteiger partial charge in [0.25, 0.3) is 0 Å². The van der Waals surface area contributed by atoms with E-state index in [1.807, 2.05) is 53.1 Å². The minimum absolute atomic E-state index is 0.171. The number of carbonyl (C=O) groups is 1. The van der Waals surface area contributed by atoms with Crippen LogP contribution in [0.25, 0.3) is 11.7 Å². The number of ether oxygens (including phenoxy) is 1. The average Bonchev–Trinajstić information content (AvgIpc) is 2.95. The Morgan fingerprint density at radius 2 is 2.08 bits per heavy atom. The van der Waals surface area contributed by atoms with Crippen LogP contribution in [0.4, 0.5) is 0 Å². The number of carbonyl (C=O) groups excluding carboxylic acids is 1. The van der Waals surface area contributed by atoms with Gasteiger partial charge in [-0.15, -0.1) is 0 Å². The Morgan fingerprint density at radius 1 is 1.28 bits per heavy atom. The number of fused-ring (bicyclic) bond motifs is 1. The molecule has 3 aromatic rings. The quantitative estimate of drug-likeness (QED) is 0.690. The lowest BCUT2D eigenvalue weighted by atomic mass is 10.1. The molecule has 0 saturated carbocycles. The predicted octanol–water partition coefficient (Wildman–Crippen LogP) is 3.37. The van der Waals surface area contributed by atoms with Crippen LogP contribution in [0, 0.1) is 0 Å². The Kier molecular flexibility index (Phi) is 5.36. The number of aromatic nitrogens is 2. The maximum atomic E-state index is 12.0. The highest BCUT2D eigenvalue weighted by Gasteiger charge is 2.07. The summed E-state index contributed by atoms with van der Waals surface area (Å²) < 4.78 is 6.96. The molecule has 0 aliphatic carbocycles. The summed E-state index contributed by atoms with van der Waals surface area (Å²) in [6, 6.07) is 13.4. The molecule has 1 aromatic carbocycles. The zero-order chi connectivity index (χ0) is 17.6. The molecule has 0 saturated heterocycles. The van der Waals surface area contributed by atoms with Crippen LogP contribution >= 0.6 is 11.6 Å². The van der Waals surface area contributed by atoms with Crippen LogP contribution in [0.3, 0.4) is 0 Å². The molecule has 0 radical (unpaired) electrons. The van der Waals surface area contributed by atoms with E-state index in [9.17, 15) is 4.79 Å². The van der Waals surface area contributed by atoms with Crippen LogP contribution in [0.15, 0.2) is 54.7 Å². The monoisotopic (exact) mass is 355 g/mol. The highest BCUT2D eigenvalue weighted by molar-refractivity contribution is 6.31. The summed E-state index contributed by atoms with van der Waals surface area (Å²) in [5.74, 6) is 0.649. The Bertz CT molecular complexity index is 901. The van der Waals surface area contributed by atoms with Gasteiger partial charge in [0.1, 0.15) is 11.4 Å². The summed E-state index contributed by atoms with van der Waals surface area (Å²) in [4.78, 5) is 16.2. The molecule has 0 atom stereocenters. The van der Waals surface area contributed by atoms with Crippen molar-refractivity contribution in [3.63, 3.8) is 0 Å². The maximum absolute atomic E-state index is 12.0. The average molecular weight is 356 g/mol. The number of halogens is 1. The van der Waals surface area contributed by atoms with Crippen molar-refractivity contribution >= 4 is 29.2 Å². The Morgan fingerprint density at radius 3 is 2.84 bits per heavy atom. The molecular weight excluding hydrogens is 338 g/mol. The van der Waals surface area contributed by atoms with Crippen molar-refractivity contribution in [3.05, 3.63) is 71.1 Å². The van der Waals surface area contributed by atoms with Crippen LogP contribution < -0.4 is 10.1 Å². The number of pyridine rings is 1. The first kappa shape index (κ1) is 17.0. The molecule has 25 heavy (non-hydrogen) atoms. The molecule has 1 N–H and O–H groups in total. The molecule has 0 bridgehead atoms. The first-order valence-corrected chi connectivity index (χ1v) is 8.26. The topological polar surface area (TPSA) is 55.6 Å². The lowest BCUT2D eigenvalue weighted by molar-refractivity contribution is -0.116. The van der Waals surface area contributed by atoms with E-state index < -0.39 is 0 Å². The zero-order valence-electron chi connectivity index (χ0n) is 13.8. The fourth-order valence-corrected chi connectivity index (χ4v) is 2.71. The Balaban J connectivity index is 1.56. The fourth-order valence-electron chi connectivity index (χ4n) is 2.47. The number of methoxy groups -OCH3 is 1. The standard InChI is InChI=1S/C19H18ClN3O2/c1-25-15-7-5-14(6-8-15)11-12-21-18(24)10-9-16-19(20)22-17-4-2-3-13-23(16)17/h2-10,13H,11-12H2,1H3,(H,21,24)/b10-9+. The summed E-state index contributed by atoms with van der Waals surface area (Å²) in [6.07, 6.45) is 5.75. The number of hydrogen-bond donors (Lipinski definition) is 1. The number of benzene rings is 1. The Hall–Kier alpha value is -2.79. The van der Waals surface area contributed by atoms with Gasteiger partial charge in [-0.2, -0.15) is 0 Å². The molecule has 2 aromatic heterocycles. The molecule has 6 heteroatoms. The second kappa shape index (κ2) is 7.85. The zero-order valence-corrected chi connectivity index (χ0v) is 14.5. The minimum atomic E-state index is -0.171. The van der Waals surface area contributed by atoms with E-state index >= 15 is 0 Å². The summed E-state index contributed by atoms with van der Waals surface area (Å²) in [6.45, 7) is 0.552. The minimum Gasteiger partial charge on any atom is -0.497 e. The molecule has 5 nitrogen and oxygen atoms in total. The lowest BCUT2D eigenvalue weighted by Gasteiger charge is -2.04. The molecule has 0 aliphatic heterocycles. The normalized spacial score (nSPS) is 11.1. The second-order valence-corrected chi connectivity index (χ2v) is 5.80. The smallest absolute Gasteiger partial charge is 0.244 e. The number of hydrogen-bond acceptors (Lipinski definition) is 3. The summed E-state index contributed by atoms with van der Waals surface area (Å²) in [5.41, 5.74) is 2.56. The largest absolute Gasteiger partial charge is 0.497 e. The van der Waals surface area contributed by atoms with Gasteiger partial charge in [-0.05, 0) is 42.3 Å². The summed E-state index contributed by atoms with van der Waals surface area (Å²) in [5, 5.41) is 3.23. The van der Waals surface area contributed by atoms with Crippen molar-refractivity contribution in [2.45, 2.75) is 6.42 Å². The lowest BCUT2D eigenvalue weighted by Crippen LogP contribution is -2.23. The van der Waals surface area contributed by atoms with Gasteiger partial charge < -0.3 is 10.1 Å².